The van der Waals surface area contributed by atoms with Crippen LogP contribution in [0.3, 0.4) is 0 Å². The van der Waals surface area contributed by atoms with Gasteiger partial charge >= 0.3 is 0 Å². The highest BCUT2D eigenvalue weighted by Crippen LogP contribution is 2.08. The molecule has 0 bridgehead atoms. The van der Waals surface area contributed by atoms with Crippen molar-refractivity contribution in [3.05, 3.63) is 17.8 Å². The number of nitrogens with zero attached hydrogens (tertiary/aromatic N) is 3. The summed E-state index contributed by atoms with van der Waals surface area (Å²) in [6.45, 7) is -0.534. The summed E-state index contributed by atoms with van der Waals surface area (Å²) in [6, 6.07) is 3.21. The molecule has 1 aromatic heterocycles. The fourth-order valence-electron chi connectivity index (χ4n) is 0.726. The maximum absolute atomic E-state index is 11.8. The predicted molar refractivity (Wildman–Crippen MR) is 41.2 cm³/mol. The van der Waals surface area contributed by atoms with Crippen LogP contribution >= 0.6 is 0 Å². The Balaban J connectivity index is 2.71. The molecule has 0 radical (unpaired) electrons. The Morgan fingerprint density at radius 2 is 2.38 bits per heavy atom. The van der Waals surface area contributed by atoms with E-state index in [0.29, 0.717) is 0 Å². The summed E-state index contributed by atoms with van der Waals surface area (Å²) in [5.74, 6) is 0.0882. The quantitative estimate of drug-likeness (QED) is 0.761. The van der Waals surface area contributed by atoms with Crippen molar-refractivity contribution in [1.82, 2.24) is 10.2 Å². The van der Waals surface area contributed by atoms with Gasteiger partial charge in [0.15, 0.2) is 5.82 Å². The minimum Gasteiger partial charge on any atom is -0.362 e. The van der Waals surface area contributed by atoms with Crippen LogP contribution in [0.5, 0.6) is 0 Å². The number of nitriles is 1. The summed E-state index contributed by atoms with van der Waals surface area (Å²) < 4.78 is 23.5. The van der Waals surface area contributed by atoms with Crippen LogP contribution < -0.4 is 5.32 Å². The van der Waals surface area contributed by atoms with Gasteiger partial charge < -0.3 is 5.32 Å². The Kier molecular flexibility index (Phi) is 3.09. The highest BCUT2D eigenvalue weighted by Gasteiger charge is 2.06. The van der Waals surface area contributed by atoms with Crippen LogP contribution in [0.2, 0.25) is 0 Å². The van der Waals surface area contributed by atoms with E-state index in [4.69, 9.17) is 5.26 Å². The lowest BCUT2D eigenvalue weighted by molar-refractivity contribution is 0.163. The lowest BCUT2D eigenvalue weighted by Gasteiger charge is -2.03. The second-order valence-electron chi connectivity index (χ2n) is 2.18. The molecule has 1 aromatic rings. The van der Waals surface area contributed by atoms with E-state index in [2.05, 4.69) is 15.5 Å². The molecule has 0 aliphatic carbocycles. The van der Waals surface area contributed by atoms with E-state index in [1.165, 1.54) is 12.3 Å². The Morgan fingerprint density at radius 3 is 3.00 bits per heavy atom. The molecule has 6 heteroatoms. The molecule has 0 aromatic carbocycles. The van der Waals surface area contributed by atoms with Crippen LogP contribution in [0.1, 0.15) is 5.56 Å². The third-order valence-electron chi connectivity index (χ3n) is 1.26. The van der Waals surface area contributed by atoms with E-state index in [1.807, 2.05) is 6.07 Å². The van der Waals surface area contributed by atoms with Crippen molar-refractivity contribution in [3.63, 3.8) is 0 Å². The molecule has 0 aliphatic heterocycles. The maximum atomic E-state index is 11.8. The van der Waals surface area contributed by atoms with E-state index >= 15 is 0 Å². The largest absolute Gasteiger partial charge is 0.362 e. The molecule has 1 heterocycles. The van der Waals surface area contributed by atoms with E-state index in [0.717, 1.165) is 0 Å². The number of anilines is 1. The first-order valence-corrected chi connectivity index (χ1v) is 3.48. The number of rotatable bonds is 3. The van der Waals surface area contributed by atoms with Crippen molar-refractivity contribution in [3.8, 4) is 6.07 Å². The zero-order chi connectivity index (χ0) is 9.68. The normalized spacial score (nSPS) is 9.69. The zero-order valence-electron chi connectivity index (χ0n) is 6.54. The molecule has 0 aliphatic rings. The number of hydrogen-bond acceptors (Lipinski definition) is 4. The van der Waals surface area contributed by atoms with Gasteiger partial charge in [-0.3, -0.25) is 0 Å². The smallest absolute Gasteiger partial charge is 0.255 e. The average molecular weight is 184 g/mol. The molecule has 68 valence electrons. The van der Waals surface area contributed by atoms with Crippen LogP contribution in [0.25, 0.3) is 0 Å². The molecule has 13 heavy (non-hydrogen) atoms. The molecule has 1 rings (SSSR count). The molecule has 0 amide bonds. The van der Waals surface area contributed by atoms with Gasteiger partial charge in [-0.2, -0.15) is 10.4 Å². The van der Waals surface area contributed by atoms with Gasteiger partial charge in [0.05, 0.1) is 18.3 Å². The number of hydrogen-bond donors (Lipinski definition) is 1. The molecule has 1 N–H and O–H groups in total. The van der Waals surface area contributed by atoms with Crippen molar-refractivity contribution < 1.29 is 8.78 Å². The third-order valence-corrected chi connectivity index (χ3v) is 1.26. The van der Waals surface area contributed by atoms with Crippen LogP contribution in [-0.2, 0) is 0 Å². The number of nitrogens with one attached hydrogen (secondary N) is 1. The average Bonchev–Trinajstić information content (AvgIpc) is 2.15. The Morgan fingerprint density at radius 1 is 1.62 bits per heavy atom. The van der Waals surface area contributed by atoms with E-state index in [9.17, 15) is 8.78 Å². The fraction of sp³-hybridized carbons (Fsp3) is 0.286. The van der Waals surface area contributed by atoms with E-state index in [-0.39, 0.29) is 11.4 Å². The second-order valence-corrected chi connectivity index (χ2v) is 2.18. The summed E-state index contributed by atoms with van der Waals surface area (Å²) in [4.78, 5) is 0. The van der Waals surface area contributed by atoms with Crippen molar-refractivity contribution >= 4 is 5.82 Å². The van der Waals surface area contributed by atoms with E-state index in [1.54, 1.807) is 0 Å². The fourth-order valence-corrected chi connectivity index (χ4v) is 0.726. The Bertz CT molecular complexity index is 321. The highest BCUT2D eigenvalue weighted by atomic mass is 19.3. The summed E-state index contributed by atoms with van der Waals surface area (Å²) in [7, 11) is 0. The standard InChI is InChI=1S/C7H6F2N4/c8-6(9)4-11-7-5(3-10)1-2-12-13-7/h1-2,6H,4H2,(H,11,13). The minimum atomic E-state index is -2.48. The van der Waals surface area contributed by atoms with Crippen molar-refractivity contribution in [2.24, 2.45) is 0 Å². The molecule has 0 saturated heterocycles. The van der Waals surface area contributed by atoms with Gasteiger partial charge in [0.1, 0.15) is 6.07 Å². The van der Waals surface area contributed by atoms with Crippen molar-refractivity contribution in [2.45, 2.75) is 6.43 Å². The van der Waals surface area contributed by atoms with E-state index < -0.39 is 13.0 Å². The number of halogens is 2. The van der Waals surface area contributed by atoms with Crippen LogP contribution in [-0.4, -0.2) is 23.2 Å². The van der Waals surface area contributed by atoms with Gasteiger partial charge in [-0.05, 0) is 6.07 Å². The Labute approximate surface area is 73.2 Å². The molecule has 0 fully saturated rings. The topological polar surface area (TPSA) is 61.6 Å². The zero-order valence-corrected chi connectivity index (χ0v) is 6.54. The van der Waals surface area contributed by atoms with Gasteiger partial charge in [-0.25, -0.2) is 8.78 Å². The van der Waals surface area contributed by atoms with Crippen molar-refractivity contribution in [1.29, 1.82) is 5.26 Å². The summed E-state index contributed by atoms with van der Waals surface area (Å²) in [5, 5.41) is 17.8. The number of alkyl halides is 2. The Hall–Kier alpha value is -1.77. The van der Waals surface area contributed by atoms with Crippen LogP contribution in [0, 0.1) is 11.3 Å². The van der Waals surface area contributed by atoms with Crippen LogP contribution in [0.4, 0.5) is 14.6 Å². The molecular weight excluding hydrogens is 178 g/mol. The first-order valence-electron chi connectivity index (χ1n) is 3.48. The molecule has 0 saturated carbocycles. The first kappa shape index (κ1) is 9.32. The van der Waals surface area contributed by atoms with Crippen LogP contribution in [0.15, 0.2) is 12.3 Å². The van der Waals surface area contributed by atoms with Gasteiger partial charge in [-0.15, -0.1) is 5.10 Å². The summed E-state index contributed by atoms with van der Waals surface area (Å²) >= 11 is 0. The summed E-state index contributed by atoms with van der Waals surface area (Å²) in [6.07, 6.45) is -1.15. The molecule has 0 spiro atoms. The SMILES string of the molecule is N#Cc1ccnnc1NCC(F)F. The minimum absolute atomic E-state index is 0.0882. The van der Waals surface area contributed by atoms with Gasteiger partial charge in [0, 0.05) is 0 Å². The molecule has 0 unspecified atom stereocenters. The lowest BCUT2D eigenvalue weighted by atomic mass is 10.3. The second kappa shape index (κ2) is 4.30. The highest BCUT2D eigenvalue weighted by molar-refractivity contribution is 5.49. The molecular formula is C7H6F2N4. The maximum Gasteiger partial charge on any atom is 0.255 e. The summed E-state index contributed by atoms with van der Waals surface area (Å²) in [5.41, 5.74) is 0.204. The lowest BCUT2D eigenvalue weighted by Crippen LogP contribution is -2.12. The number of aromatic nitrogens is 2. The molecule has 0 atom stereocenters. The van der Waals surface area contributed by atoms with Crippen molar-refractivity contribution in [2.75, 3.05) is 11.9 Å². The predicted octanol–water partition coefficient (Wildman–Crippen LogP) is 1.03. The van der Waals surface area contributed by atoms with Gasteiger partial charge in [0.25, 0.3) is 6.43 Å². The van der Waals surface area contributed by atoms with Gasteiger partial charge in [0.2, 0.25) is 0 Å². The monoisotopic (exact) mass is 184 g/mol. The van der Waals surface area contributed by atoms with Gasteiger partial charge in [-0.1, -0.05) is 0 Å². The third kappa shape index (κ3) is 2.63. The molecule has 4 nitrogen and oxygen atoms in total. The first-order chi connectivity index (χ1) is 6.24.